The van der Waals surface area contributed by atoms with Crippen molar-refractivity contribution in [2.75, 3.05) is 45.2 Å². The average Bonchev–Trinajstić information content (AvgIpc) is 3.04. The molecule has 0 radical (unpaired) electrons. The van der Waals surface area contributed by atoms with Crippen LogP contribution in [0.1, 0.15) is 27.7 Å². The summed E-state index contributed by atoms with van der Waals surface area (Å²) in [7, 11) is 1.81. The minimum absolute atomic E-state index is 0.0789. The number of hydrogen-bond acceptors (Lipinski definition) is 6. The lowest BCUT2D eigenvalue weighted by molar-refractivity contribution is 0.0162. The fraction of sp³-hybridized carbons (Fsp3) is 0.444. The van der Waals surface area contributed by atoms with Crippen LogP contribution < -0.4 is 10.6 Å². The van der Waals surface area contributed by atoms with Crippen LogP contribution in [0.3, 0.4) is 0 Å². The number of carbonyl (C=O) groups is 1. The maximum Gasteiger partial charge on any atom is 0.256 e. The van der Waals surface area contributed by atoms with Crippen LogP contribution in [0.2, 0.25) is 0 Å². The highest BCUT2D eigenvalue weighted by molar-refractivity contribution is 7.10. The standard InChI is InChI=1S/C18H24N4O2S/c1-13-16(18(19-2)25-21-13)17(23)20-12-15(14-6-4-3-5-7-14)22-8-10-24-11-9-22/h3-7,15,19H,8-12H2,1-2H3,(H,20,23)/t15-/m1/s1. The highest BCUT2D eigenvalue weighted by atomic mass is 32.1. The first kappa shape index (κ1) is 17.8. The van der Waals surface area contributed by atoms with Crippen LogP contribution in [0, 0.1) is 6.92 Å². The molecule has 0 spiro atoms. The molecule has 7 heteroatoms. The van der Waals surface area contributed by atoms with E-state index < -0.39 is 0 Å². The Balaban J connectivity index is 1.74. The molecule has 1 amide bonds. The molecule has 6 nitrogen and oxygen atoms in total. The molecule has 3 rings (SSSR count). The van der Waals surface area contributed by atoms with E-state index in [-0.39, 0.29) is 11.9 Å². The summed E-state index contributed by atoms with van der Waals surface area (Å²) in [6.07, 6.45) is 0. The van der Waals surface area contributed by atoms with E-state index in [4.69, 9.17) is 4.74 Å². The van der Waals surface area contributed by atoms with Gasteiger partial charge in [-0.2, -0.15) is 4.37 Å². The molecule has 1 aliphatic rings. The van der Waals surface area contributed by atoms with Gasteiger partial charge in [-0.3, -0.25) is 9.69 Å². The van der Waals surface area contributed by atoms with Crippen LogP contribution in [0.15, 0.2) is 30.3 Å². The molecule has 2 heterocycles. The third-order valence-corrected chi connectivity index (χ3v) is 5.40. The van der Waals surface area contributed by atoms with Crippen molar-refractivity contribution in [1.29, 1.82) is 0 Å². The number of rotatable bonds is 6. The molecular weight excluding hydrogens is 336 g/mol. The van der Waals surface area contributed by atoms with E-state index in [0.29, 0.717) is 12.1 Å². The summed E-state index contributed by atoms with van der Waals surface area (Å²) in [5, 5.41) is 6.95. The number of ether oxygens (including phenoxy) is 1. The first-order chi connectivity index (χ1) is 12.2. The zero-order valence-electron chi connectivity index (χ0n) is 14.6. The van der Waals surface area contributed by atoms with Crippen molar-refractivity contribution in [3.63, 3.8) is 0 Å². The van der Waals surface area contributed by atoms with E-state index in [0.717, 1.165) is 37.0 Å². The zero-order valence-corrected chi connectivity index (χ0v) is 15.4. The second kappa shape index (κ2) is 8.42. The van der Waals surface area contributed by atoms with E-state index in [1.807, 2.05) is 32.2 Å². The predicted molar refractivity (Wildman–Crippen MR) is 100 cm³/mol. The van der Waals surface area contributed by atoms with Gasteiger partial charge in [0.15, 0.2) is 0 Å². The number of aryl methyl sites for hydroxylation is 1. The van der Waals surface area contributed by atoms with E-state index in [2.05, 4.69) is 32.0 Å². The van der Waals surface area contributed by atoms with Gasteiger partial charge in [0.25, 0.3) is 5.91 Å². The van der Waals surface area contributed by atoms with Gasteiger partial charge >= 0.3 is 0 Å². The second-order valence-electron chi connectivity index (χ2n) is 6.01. The molecule has 1 aliphatic heterocycles. The molecule has 1 aromatic heterocycles. The van der Waals surface area contributed by atoms with E-state index in [1.165, 1.54) is 17.1 Å². The molecule has 25 heavy (non-hydrogen) atoms. The van der Waals surface area contributed by atoms with Crippen molar-refractivity contribution in [2.45, 2.75) is 13.0 Å². The molecule has 0 aliphatic carbocycles. The minimum Gasteiger partial charge on any atom is -0.379 e. The molecule has 2 aromatic rings. The Morgan fingerprint density at radius 1 is 1.32 bits per heavy atom. The maximum atomic E-state index is 12.7. The van der Waals surface area contributed by atoms with Crippen molar-refractivity contribution in [3.8, 4) is 0 Å². The molecule has 0 bridgehead atoms. The van der Waals surface area contributed by atoms with Gasteiger partial charge in [-0.05, 0) is 24.0 Å². The smallest absolute Gasteiger partial charge is 0.256 e. The Bertz CT molecular complexity index is 698. The van der Waals surface area contributed by atoms with Gasteiger partial charge in [0.2, 0.25) is 0 Å². The SMILES string of the molecule is CNc1snc(C)c1C(=O)NC[C@H](c1ccccc1)N1CCOCC1. The number of benzene rings is 1. The normalized spacial score (nSPS) is 16.4. The lowest BCUT2D eigenvalue weighted by atomic mass is 10.0. The predicted octanol–water partition coefficient (Wildman–Crippen LogP) is 2.30. The zero-order chi connectivity index (χ0) is 17.6. The summed E-state index contributed by atoms with van der Waals surface area (Å²) in [5.41, 5.74) is 2.61. The number of amides is 1. The number of anilines is 1. The minimum atomic E-state index is -0.0789. The first-order valence-electron chi connectivity index (χ1n) is 8.49. The van der Waals surface area contributed by atoms with Gasteiger partial charge < -0.3 is 15.4 Å². The molecule has 0 unspecified atom stereocenters. The van der Waals surface area contributed by atoms with Gasteiger partial charge in [-0.1, -0.05) is 30.3 Å². The van der Waals surface area contributed by atoms with Crippen LogP contribution in [0.5, 0.6) is 0 Å². The van der Waals surface area contributed by atoms with Crippen molar-refractivity contribution in [1.82, 2.24) is 14.6 Å². The molecule has 0 saturated carbocycles. The fourth-order valence-corrected chi connectivity index (χ4v) is 3.85. The van der Waals surface area contributed by atoms with Gasteiger partial charge in [0, 0.05) is 26.7 Å². The van der Waals surface area contributed by atoms with E-state index >= 15 is 0 Å². The fourth-order valence-electron chi connectivity index (χ4n) is 3.11. The number of aromatic nitrogens is 1. The highest BCUT2D eigenvalue weighted by Gasteiger charge is 2.24. The Kier molecular flexibility index (Phi) is 6.01. The van der Waals surface area contributed by atoms with Gasteiger partial charge in [0.1, 0.15) is 5.00 Å². The first-order valence-corrected chi connectivity index (χ1v) is 9.27. The number of morpholine rings is 1. The van der Waals surface area contributed by atoms with Crippen LogP contribution in [-0.2, 0) is 4.74 Å². The lowest BCUT2D eigenvalue weighted by Gasteiger charge is -2.35. The van der Waals surface area contributed by atoms with Gasteiger partial charge in [-0.25, -0.2) is 0 Å². The Morgan fingerprint density at radius 2 is 2.04 bits per heavy atom. The van der Waals surface area contributed by atoms with Gasteiger partial charge in [0.05, 0.1) is 30.5 Å². The monoisotopic (exact) mass is 360 g/mol. The summed E-state index contributed by atoms with van der Waals surface area (Å²) >= 11 is 1.31. The molecule has 1 atom stereocenters. The lowest BCUT2D eigenvalue weighted by Crippen LogP contribution is -2.43. The maximum absolute atomic E-state index is 12.7. The molecule has 1 fully saturated rings. The molecular formula is C18H24N4O2S. The van der Waals surface area contributed by atoms with E-state index in [9.17, 15) is 4.79 Å². The third kappa shape index (κ3) is 4.18. The van der Waals surface area contributed by atoms with Crippen molar-refractivity contribution in [2.24, 2.45) is 0 Å². The average molecular weight is 360 g/mol. The summed E-state index contributed by atoms with van der Waals surface area (Å²) in [6.45, 7) is 5.63. The number of carbonyl (C=O) groups excluding carboxylic acids is 1. The Morgan fingerprint density at radius 3 is 2.72 bits per heavy atom. The quantitative estimate of drug-likeness (QED) is 0.827. The van der Waals surface area contributed by atoms with Crippen molar-refractivity contribution in [3.05, 3.63) is 47.2 Å². The summed E-state index contributed by atoms with van der Waals surface area (Å²) in [5.74, 6) is -0.0789. The van der Waals surface area contributed by atoms with Crippen molar-refractivity contribution < 1.29 is 9.53 Å². The summed E-state index contributed by atoms with van der Waals surface area (Å²) in [4.78, 5) is 15.1. The molecule has 134 valence electrons. The largest absolute Gasteiger partial charge is 0.379 e. The van der Waals surface area contributed by atoms with Crippen molar-refractivity contribution >= 4 is 22.4 Å². The molecule has 1 aromatic carbocycles. The summed E-state index contributed by atoms with van der Waals surface area (Å²) in [6, 6.07) is 10.5. The number of nitrogens with one attached hydrogen (secondary N) is 2. The Hall–Kier alpha value is -1.96. The van der Waals surface area contributed by atoms with Crippen LogP contribution in [0.4, 0.5) is 5.00 Å². The summed E-state index contributed by atoms with van der Waals surface area (Å²) < 4.78 is 9.75. The van der Waals surface area contributed by atoms with E-state index in [1.54, 1.807) is 0 Å². The number of nitrogens with zero attached hydrogens (tertiary/aromatic N) is 2. The third-order valence-electron chi connectivity index (χ3n) is 4.44. The number of hydrogen-bond donors (Lipinski definition) is 2. The van der Waals surface area contributed by atoms with Gasteiger partial charge in [-0.15, -0.1) is 0 Å². The van der Waals surface area contributed by atoms with Crippen LogP contribution in [0.25, 0.3) is 0 Å². The van der Waals surface area contributed by atoms with Crippen LogP contribution >= 0.6 is 11.5 Å². The Labute approximate surface area is 152 Å². The van der Waals surface area contributed by atoms with Crippen LogP contribution in [-0.4, -0.2) is 55.1 Å². The second-order valence-corrected chi connectivity index (χ2v) is 6.78. The topological polar surface area (TPSA) is 66.5 Å². The molecule has 2 N–H and O–H groups in total. The highest BCUT2D eigenvalue weighted by Crippen LogP contribution is 2.25. The molecule has 1 saturated heterocycles.